The Morgan fingerprint density at radius 3 is 1.54 bits per heavy atom. The van der Waals surface area contributed by atoms with Gasteiger partial charge in [-0.25, -0.2) is 9.59 Å². The van der Waals surface area contributed by atoms with Gasteiger partial charge in [0.1, 0.15) is 17.2 Å². The molecule has 46 heavy (non-hydrogen) atoms. The number of unbranched alkanes of at least 4 members (excludes halogenated alkanes) is 6. The molecule has 0 amide bonds. The summed E-state index contributed by atoms with van der Waals surface area (Å²) in [6.45, 7) is 8.55. The predicted octanol–water partition coefficient (Wildman–Crippen LogP) is 8.44. The molecule has 0 N–H and O–H groups in total. The van der Waals surface area contributed by atoms with Crippen LogP contribution in [0.4, 0.5) is 0 Å². The number of hydrogen-bond acceptors (Lipinski definition) is 7. The van der Waals surface area contributed by atoms with E-state index in [1.807, 2.05) is 36.4 Å². The smallest absolute Gasteiger partial charge is 0.343 e. The van der Waals surface area contributed by atoms with E-state index in [0.29, 0.717) is 43.3 Å². The van der Waals surface area contributed by atoms with Crippen LogP contribution < -0.4 is 14.2 Å². The van der Waals surface area contributed by atoms with Crippen LogP contribution in [0.1, 0.15) is 79.3 Å². The fourth-order valence-electron chi connectivity index (χ4n) is 4.64. The highest BCUT2D eigenvalue weighted by molar-refractivity contribution is 5.91. The third-order valence-electron chi connectivity index (χ3n) is 7.38. The molecule has 0 aliphatic heterocycles. The molecule has 7 nitrogen and oxygen atoms in total. The Morgan fingerprint density at radius 2 is 1.02 bits per heavy atom. The Bertz CT molecular complexity index is 1360. The number of benzene rings is 3. The Balaban J connectivity index is 1.29. The van der Waals surface area contributed by atoms with Crippen molar-refractivity contribution in [2.45, 2.75) is 70.6 Å². The normalized spacial score (nSPS) is 10.5. The maximum Gasteiger partial charge on any atom is 0.343 e. The summed E-state index contributed by atoms with van der Waals surface area (Å²) in [6.07, 6.45) is 12.5. The number of allylic oxidation sites excluding steroid dienone is 1. The van der Waals surface area contributed by atoms with E-state index in [1.165, 1.54) is 17.7 Å². The van der Waals surface area contributed by atoms with E-state index < -0.39 is 5.97 Å². The van der Waals surface area contributed by atoms with E-state index in [2.05, 4.69) is 25.3 Å². The average Bonchev–Trinajstić information content (AvgIpc) is 3.09. The molecule has 0 spiro atoms. The minimum atomic E-state index is -0.415. The molecule has 0 radical (unpaired) electrons. The summed E-state index contributed by atoms with van der Waals surface area (Å²) < 4.78 is 22.2. The molecule has 3 aromatic rings. The van der Waals surface area contributed by atoms with Crippen molar-refractivity contribution in [2.24, 2.45) is 0 Å². The first-order valence-electron chi connectivity index (χ1n) is 16.2. The molecule has 0 unspecified atom stereocenters. The molecule has 0 aromatic heterocycles. The average molecular weight is 627 g/mol. The van der Waals surface area contributed by atoms with E-state index in [-0.39, 0.29) is 11.8 Å². The van der Waals surface area contributed by atoms with Crippen molar-refractivity contribution in [1.82, 2.24) is 0 Å². The molecule has 0 atom stereocenters. The SMILES string of the molecule is C=CC(=O)CCCCCCOc1ccc(C(=O)Oc2ccc(CCc3ccc(OCCCCCCOC(=O)C=C)cc3)cc2)cc1. The van der Waals surface area contributed by atoms with Crippen molar-refractivity contribution in [2.75, 3.05) is 19.8 Å². The first-order valence-corrected chi connectivity index (χ1v) is 16.2. The third-order valence-corrected chi connectivity index (χ3v) is 7.38. The molecule has 0 saturated heterocycles. The van der Waals surface area contributed by atoms with Crippen LogP contribution >= 0.6 is 0 Å². The van der Waals surface area contributed by atoms with E-state index in [9.17, 15) is 14.4 Å². The lowest BCUT2D eigenvalue weighted by molar-refractivity contribution is -0.137. The van der Waals surface area contributed by atoms with Crippen LogP contribution in [0.15, 0.2) is 98.1 Å². The quantitative estimate of drug-likeness (QED) is 0.0452. The number of ketones is 1. The van der Waals surface area contributed by atoms with Crippen molar-refractivity contribution in [3.63, 3.8) is 0 Å². The van der Waals surface area contributed by atoms with E-state index >= 15 is 0 Å². The Morgan fingerprint density at radius 1 is 0.543 bits per heavy atom. The fourth-order valence-corrected chi connectivity index (χ4v) is 4.64. The molecule has 0 aliphatic carbocycles. The summed E-state index contributed by atoms with van der Waals surface area (Å²) in [6, 6.07) is 22.8. The second kappa shape index (κ2) is 21.2. The molecule has 3 aromatic carbocycles. The van der Waals surface area contributed by atoms with Gasteiger partial charge >= 0.3 is 11.9 Å². The van der Waals surface area contributed by atoms with Gasteiger partial charge in [-0.2, -0.15) is 0 Å². The van der Waals surface area contributed by atoms with Gasteiger partial charge in [0.25, 0.3) is 0 Å². The van der Waals surface area contributed by atoms with Gasteiger partial charge in [-0.05, 0) is 117 Å². The van der Waals surface area contributed by atoms with Gasteiger partial charge in [0, 0.05) is 12.5 Å². The lowest BCUT2D eigenvalue weighted by Gasteiger charge is -2.09. The van der Waals surface area contributed by atoms with Gasteiger partial charge < -0.3 is 18.9 Å². The number of aryl methyl sites for hydroxylation is 2. The molecule has 3 rings (SSSR count). The Kier molecular flexibility index (Phi) is 16.5. The van der Waals surface area contributed by atoms with Crippen LogP contribution in [0.3, 0.4) is 0 Å². The maximum absolute atomic E-state index is 12.6. The van der Waals surface area contributed by atoms with Gasteiger partial charge in [0.2, 0.25) is 0 Å². The van der Waals surface area contributed by atoms with E-state index in [0.717, 1.165) is 75.5 Å². The summed E-state index contributed by atoms with van der Waals surface area (Å²) in [4.78, 5) is 34.9. The second-order valence-corrected chi connectivity index (χ2v) is 11.0. The van der Waals surface area contributed by atoms with Gasteiger partial charge in [0.15, 0.2) is 5.78 Å². The van der Waals surface area contributed by atoms with Crippen LogP contribution in [0, 0.1) is 0 Å². The van der Waals surface area contributed by atoms with E-state index in [1.54, 1.807) is 24.3 Å². The first kappa shape index (κ1) is 35.8. The summed E-state index contributed by atoms with van der Waals surface area (Å²) in [5, 5.41) is 0. The lowest BCUT2D eigenvalue weighted by atomic mass is 10.0. The number of ether oxygens (including phenoxy) is 4. The molecular formula is C39H46O7. The molecule has 0 fully saturated rings. The van der Waals surface area contributed by atoms with Crippen molar-refractivity contribution in [3.8, 4) is 17.2 Å². The van der Waals surface area contributed by atoms with E-state index in [4.69, 9.17) is 18.9 Å². The zero-order chi connectivity index (χ0) is 32.8. The van der Waals surface area contributed by atoms with Crippen LogP contribution in [0.2, 0.25) is 0 Å². The molecule has 0 heterocycles. The first-order chi connectivity index (χ1) is 22.5. The monoisotopic (exact) mass is 626 g/mol. The molecule has 0 bridgehead atoms. The summed E-state index contributed by atoms with van der Waals surface area (Å²) >= 11 is 0. The minimum absolute atomic E-state index is 0.0936. The summed E-state index contributed by atoms with van der Waals surface area (Å²) in [7, 11) is 0. The van der Waals surface area contributed by atoms with Crippen molar-refractivity contribution in [1.29, 1.82) is 0 Å². The zero-order valence-electron chi connectivity index (χ0n) is 26.8. The number of rotatable bonds is 23. The fraction of sp³-hybridized carbons (Fsp3) is 0.359. The van der Waals surface area contributed by atoms with Crippen LogP contribution in [0.25, 0.3) is 0 Å². The topological polar surface area (TPSA) is 88.1 Å². The predicted molar refractivity (Wildman–Crippen MR) is 181 cm³/mol. The third kappa shape index (κ3) is 14.4. The highest BCUT2D eigenvalue weighted by Crippen LogP contribution is 2.19. The number of esters is 2. The molecule has 7 heteroatoms. The molecule has 244 valence electrons. The van der Waals surface area contributed by atoms with Gasteiger partial charge in [0.05, 0.1) is 25.4 Å². The largest absolute Gasteiger partial charge is 0.494 e. The number of carbonyl (C=O) groups excluding carboxylic acids is 3. The Hall–Kier alpha value is -4.65. The van der Waals surface area contributed by atoms with Gasteiger partial charge in [-0.15, -0.1) is 0 Å². The molecular weight excluding hydrogens is 580 g/mol. The molecule has 0 aliphatic rings. The van der Waals surface area contributed by atoms with Crippen LogP contribution in [-0.2, 0) is 27.2 Å². The maximum atomic E-state index is 12.6. The second-order valence-electron chi connectivity index (χ2n) is 11.0. The van der Waals surface area contributed by atoms with Crippen LogP contribution in [0.5, 0.6) is 17.2 Å². The summed E-state index contributed by atoms with van der Waals surface area (Å²) in [5.74, 6) is 1.38. The number of carbonyl (C=O) groups is 3. The molecule has 0 saturated carbocycles. The minimum Gasteiger partial charge on any atom is -0.494 e. The van der Waals surface area contributed by atoms with Crippen molar-refractivity contribution in [3.05, 3.63) is 115 Å². The highest BCUT2D eigenvalue weighted by Gasteiger charge is 2.09. The Labute approximate surface area is 273 Å². The highest BCUT2D eigenvalue weighted by atomic mass is 16.5. The van der Waals surface area contributed by atoms with Crippen molar-refractivity contribution < 1.29 is 33.3 Å². The standard InChI is InChI=1S/C39H46O7/c1-3-34(40)13-9-5-6-10-28-44-36-26-20-33(21-27-36)39(42)46-37-24-18-32(19-25-37)15-14-31-16-22-35(23-17-31)43-29-11-7-8-12-30-45-38(41)4-2/h3-4,16-27H,1-2,5-15,28-30H2. The number of hydrogen-bond donors (Lipinski definition) is 0. The lowest BCUT2D eigenvalue weighted by Crippen LogP contribution is -2.08. The zero-order valence-corrected chi connectivity index (χ0v) is 26.8. The summed E-state index contributed by atoms with van der Waals surface area (Å²) in [5.41, 5.74) is 2.84. The van der Waals surface area contributed by atoms with Crippen molar-refractivity contribution >= 4 is 17.7 Å². The van der Waals surface area contributed by atoms with Gasteiger partial charge in [-0.1, -0.05) is 50.3 Å². The van der Waals surface area contributed by atoms with Crippen LogP contribution in [-0.4, -0.2) is 37.5 Å². The van der Waals surface area contributed by atoms with Gasteiger partial charge in [-0.3, -0.25) is 4.79 Å².